The van der Waals surface area contributed by atoms with Crippen molar-refractivity contribution in [1.29, 1.82) is 0 Å². The van der Waals surface area contributed by atoms with Crippen molar-refractivity contribution in [3.63, 3.8) is 0 Å². The van der Waals surface area contributed by atoms with E-state index < -0.39 is 5.82 Å². The summed E-state index contributed by atoms with van der Waals surface area (Å²) in [6.07, 6.45) is 11.4. The molecule has 1 aromatic carbocycles. The molecule has 4 atom stereocenters. The molecule has 0 N–H and O–H groups in total. The van der Waals surface area contributed by atoms with Gasteiger partial charge in [-0.1, -0.05) is 11.6 Å². The molecule has 10 nitrogen and oxygen atoms in total. The molecule has 3 saturated carbocycles. The zero-order valence-corrected chi connectivity index (χ0v) is 27.0. The molecule has 4 fully saturated rings. The zero-order valence-electron chi connectivity index (χ0n) is 26.3. The van der Waals surface area contributed by atoms with Crippen molar-refractivity contribution in [1.82, 2.24) is 38.8 Å². The van der Waals surface area contributed by atoms with E-state index in [0.29, 0.717) is 47.2 Å². The second-order valence-electron chi connectivity index (χ2n) is 13.9. The van der Waals surface area contributed by atoms with Crippen molar-refractivity contribution in [2.75, 3.05) is 13.7 Å². The van der Waals surface area contributed by atoms with Crippen LogP contribution >= 0.6 is 11.6 Å². The Kier molecular flexibility index (Phi) is 6.10. The highest BCUT2D eigenvalue weighted by atomic mass is 35.5. The van der Waals surface area contributed by atoms with Crippen LogP contribution in [-0.4, -0.2) is 64.4 Å². The van der Waals surface area contributed by atoms with Crippen molar-refractivity contribution in [3.8, 4) is 23.1 Å². The Morgan fingerprint density at radius 2 is 1.98 bits per heavy atom. The SMILES string of the molecule is COc1cc(C(=O)N2CC3CC4CC2[C@H]43)cc2nc(-c3cc4cccnc4n3CC3CC3)n(Cc3cnn(-c4ncc(Cl)cc4F)c3)c12. The number of carbonyl (C=O) groups excluding carboxylic acids is 1. The van der Waals surface area contributed by atoms with Crippen LogP contribution < -0.4 is 4.74 Å². The number of hydrogen-bond acceptors (Lipinski definition) is 6. The fraction of sp³-hybridized carbons (Fsp3) is 0.361. The van der Waals surface area contributed by atoms with E-state index in [2.05, 4.69) is 36.2 Å². The van der Waals surface area contributed by atoms with Crippen LogP contribution in [0.4, 0.5) is 4.39 Å². The lowest BCUT2D eigenvalue weighted by molar-refractivity contribution is -0.0204. The Bertz CT molecular complexity index is 2290. The number of carbonyl (C=O) groups is 1. The number of amides is 1. The van der Waals surface area contributed by atoms with Crippen LogP contribution in [0, 0.1) is 29.5 Å². The first kappa shape index (κ1) is 28.3. The summed E-state index contributed by atoms with van der Waals surface area (Å²) in [4.78, 5) is 30.3. The van der Waals surface area contributed by atoms with Gasteiger partial charge in [-0.3, -0.25) is 4.79 Å². The molecule has 10 rings (SSSR count). The van der Waals surface area contributed by atoms with Crippen LogP contribution in [0.1, 0.15) is 41.6 Å². The first-order valence-electron chi connectivity index (χ1n) is 16.6. The number of methoxy groups -OCH3 is 1. The number of benzene rings is 1. The highest BCUT2D eigenvalue weighted by Crippen LogP contribution is 2.60. The van der Waals surface area contributed by atoms with E-state index >= 15 is 0 Å². The van der Waals surface area contributed by atoms with Crippen molar-refractivity contribution >= 4 is 39.6 Å². The molecule has 48 heavy (non-hydrogen) atoms. The predicted octanol–water partition coefficient (Wildman–Crippen LogP) is 6.37. The van der Waals surface area contributed by atoms with E-state index in [1.165, 1.54) is 36.2 Å². The number of likely N-dealkylation sites (tertiary alicyclic amines) is 1. The number of ether oxygens (including phenoxy) is 1. The van der Waals surface area contributed by atoms with Crippen LogP contribution in [0.5, 0.6) is 5.75 Å². The largest absolute Gasteiger partial charge is 0.494 e. The highest BCUT2D eigenvalue weighted by molar-refractivity contribution is 6.30. The maximum atomic E-state index is 14.8. The number of nitrogens with zero attached hydrogens (tertiary/aromatic N) is 8. The molecule has 0 spiro atoms. The molecular weight excluding hydrogens is 631 g/mol. The number of imidazole rings is 1. The summed E-state index contributed by atoms with van der Waals surface area (Å²) >= 11 is 5.95. The van der Waals surface area contributed by atoms with Gasteiger partial charge in [0.1, 0.15) is 16.9 Å². The number of fused-ring (bicyclic) bond motifs is 2. The molecule has 1 aliphatic heterocycles. The van der Waals surface area contributed by atoms with Crippen LogP contribution in [0.15, 0.2) is 61.2 Å². The summed E-state index contributed by atoms with van der Waals surface area (Å²) in [7, 11) is 1.63. The summed E-state index contributed by atoms with van der Waals surface area (Å²) in [5.74, 6) is 3.59. The molecule has 1 amide bonds. The Balaban J connectivity index is 1.12. The van der Waals surface area contributed by atoms with Crippen molar-refractivity contribution in [2.45, 2.75) is 44.8 Å². The highest BCUT2D eigenvalue weighted by Gasteiger charge is 2.61. The van der Waals surface area contributed by atoms with Crippen molar-refractivity contribution < 1.29 is 13.9 Å². The third-order valence-electron chi connectivity index (χ3n) is 11.1. The molecule has 0 bridgehead atoms. The third-order valence-corrected chi connectivity index (χ3v) is 11.3. The number of halogens is 2. The molecule has 12 heteroatoms. The van der Waals surface area contributed by atoms with Gasteiger partial charge in [-0.05, 0) is 85.8 Å². The van der Waals surface area contributed by atoms with Crippen LogP contribution in [-0.2, 0) is 13.1 Å². The molecule has 3 unspecified atom stereocenters. The molecular formula is C36H32ClFN8O2. The van der Waals surface area contributed by atoms with Gasteiger partial charge in [-0.15, -0.1) is 0 Å². The van der Waals surface area contributed by atoms with Gasteiger partial charge in [0, 0.05) is 54.2 Å². The van der Waals surface area contributed by atoms with Gasteiger partial charge < -0.3 is 18.8 Å². The molecule has 0 radical (unpaired) electrons. The monoisotopic (exact) mass is 662 g/mol. The van der Waals surface area contributed by atoms with Crippen molar-refractivity contribution in [3.05, 3.63) is 83.2 Å². The number of rotatable bonds is 8. The second-order valence-corrected chi connectivity index (χ2v) is 14.3. The minimum Gasteiger partial charge on any atom is -0.494 e. The minimum absolute atomic E-state index is 0.0509. The molecule has 6 aromatic rings. The Hall–Kier alpha value is -4.77. The van der Waals surface area contributed by atoms with Crippen molar-refractivity contribution in [2.24, 2.45) is 23.7 Å². The fourth-order valence-electron chi connectivity index (χ4n) is 8.55. The summed E-state index contributed by atoms with van der Waals surface area (Å²) in [6, 6.07) is 11.5. The van der Waals surface area contributed by atoms with E-state index in [9.17, 15) is 9.18 Å². The average Bonchev–Trinajstić information content (AvgIpc) is 3.48. The van der Waals surface area contributed by atoms with E-state index in [4.69, 9.17) is 26.3 Å². The number of hydrogen-bond donors (Lipinski definition) is 0. The van der Waals surface area contributed by atoms with Gasteiger partial charge in [0.15, 0.2) is 17.5 Å². The first-order valence-corrected chi connectivity index (χ1v) is 17.0. The normalized spacial score (nSPS) is 22.6. The number of aromatic nitrogens is 7. The first-order chi connectivity index (χ1) is 23.4. The third kappa shape index (κ3) is 4.25. The summed E-state index contributed by atoms with van der Waals surface area (Å²) in [6.45, 7) is 2.05. The van der Waals surface area contributed by atoms with Gasteiger partial charge in [-0.2, -0.15) is 5.10 Å². The van der Waals surface area contributed by atoms with Crippen LogP contribution in [0.25, 0.3) is 39.4 Å². The molecule has 4 aliphatic rings. The lowest BCUT2D eigenvalue weighted by atomic mass is 9.53. The summed E-state index contributed by atoms with van der Waals surface area (Å²) in [5.41, 5.74) is 4.71. The van der Waals surface area contributed by atoms with E-state index in [1.807, 2.05) is 24.4 Å². The van der Waals surface area contributed by atoms with E-state index in [0.717, 1.165) is 59.1 Å². The van der Waals surface area contributed by atoms with Gasteiger partial charge in [-0.25, -0.2) is 24.0 Å². The van der Waals surface area contributed by atoms with Gasteiger partial charge in [0.25, 0.3) is 5.91 Å². The molecule has 6 heterocycles. The molecule has 242 valence electrons. The maximum Gasteiger partial charge on any atom is 0.254 e. The average molecular weight is 663 g/mol. The van der Waals surface area contributed by atoms with E-state index in [-0.39, 0.29) is 16.7 Å². The van der Waals surface area contributed by atoms with Gasteiger partial charge in [0.05, 0.1) is 36.1 Å². The zero-order chi connectivity index (χ0) is 32.3. The van der Waals surface area contributed by atoms with E-state index in [1.54, 1.807) is 19.5 Å². The standard InChI is InChI=1S/C36H32ClFN8O2/c1-48-30-11-23(36(47)44-18-24-7-22-10-28(44)31(22)24)8-27-32(30)45(16-20-13-41-46(17-20)34-26(38)12-25(37)14-40-34)35(42-27)29-9-21-3-2-6-39-33(21)43(29)15-19-4-5-19/h2-3,6,8-9,11-14,17,19,22,24,28,31H,4-5,7,10,15-16,18H2,1H3/t22?,24?,28?,31-/m1/s1. The molecule has 1 saturated heterocycles. The Labute approximate surface area is 280 Å². The predicted molar refractivity (Wildman–Crippen MR) is 178 cm³/mol. The molecule has 5 aromatic heterocycles. The van der Waals surface area contributed by atoms with Gasteiger partial charge >= 0.3 is 0 Å². The minimum atomic E-state index is -0.565. The molecule has 3 aliphatic carbocycles. The fourth-order valence-corrected chi connectivity index (χ4v) is 8.70. The lowest BCUT2D eigenvalue weighted by Crippen LogP contribution is -2.53. The summed E-state index contributed by atoms with van der Waals surface area (Å²) in [5, 5.41) is 5.68. The Morgan fingerprint density at radius 1 is 1.08 bits per heavy atom. The second kappa shape index (κ2) is 10.4. The van der Waals surface area contributed by atoms with Gasteiger partial charge in [0.2, 0.25) is 0 Å². The summed E-state index contributed by atoms with van der Waals surface area (Å²) < 4.78 is 26.6. The quantitative estimate of drug-likeness (QED) is 0.188. The van der Waals surface area contributed by atoms with Crippen LogP contribution in [0.2, 0.25) is 5.02 Å². The Morgan fingerprint density at radius 3 is 2.77 bits per heavy atom. The van der Waals surface area contributed by atoms with Crippen LogP contribution in [0.3, 0.4) is 0 Å². The topological polar surface area (TPSA) is 95.9 Å². The number of pyridine rings is 2. The smallest absolute Gasteiger partial charge is 0.254 e. The maximum absolute atomic E-state index is 14.8. The lowest BCUT2D eigenvalue weighted by Gasteiger charge is -2.52.